The van der Waals surface area contributed by atoms with E-state index in [2.05, 4.69) is 4.72 Å². The van der Waals surface area contributed by atoms with Crippen LogP contribution in [0.3, 0.4) is 0 Å². The van der Waals surface area contributed by atoms with Crippen LogP contribution in [0.1, 0.15) is 35.0 Å². The molecule has 7 heteroatoms. The van der Waals surface area contributed by atoms with E-state index in [9.17, 15) is 13.5 Å². The van der Waals surface area contributed by atoms with Crippen LogP contribution in [0, 0.1) is 0 Å². The molecule has 0 amide bonds. The van der Waals surface area contributed by atoms with Crippen LogP contribution in [0.5, 0.6) is 0 Å². The van der Waals surface area contributed by atoms with Crippen molar-refractivity contribution in [1.29, 1.82) is 0 Å². The maximum atomic E-state index is 12.5. The highest BCUT2D eigenvalue weighted by atomic mass is 32.2. The van der Waals surface area contributed by atoms with Crippen LogP contribution in [0.2, 0.25) is 0 Å². The van der Waals surface area contributed by atoms with Gasteiger partial charge in [0.15, 0.2) is 0 Å². The predicted molar refractivity (Wildman–Crippen MR) is 81.7 cm³/mol. The number of hydrogen-bond donors (Lipinski definition) is 2. The van der Waals surface area contributed by atoms with Crippen molar-refractivity contribution < 1.29 is 13.5 Å². The fraction of sp³-hybridized carbons (Fsp3) is 0.429. The van der Waals surface area contributed by atoms with Gasteiger partial charge in [0, 0.05) is 29.9 Å². The average molecular weight is 326 g/mol. The summed E-state index contributed by atoms with van der Waals surface area (Å²) in [7, 11) is -1.85. The summed E-state index contributed by atoms with van der Waals surface area (Å²) in [5.41, 5.74) is 1.68. The number of hydrogen-bond acceptors (Lipinski definition) is 4. The lowest BCUT2D eigenvalue weighted by Gasteiger charge is -2.23. The van der Waals surface area contributed by atoms with Gasteiger partial charge < -0.3 is 9.67 Å². The minimum absolute atomic E-state index is 0.150. The van der Waals surface area contributed by atoms with Crippen LogP contribution in [0.15, 0.2) is 28.6 Å². The zero-order valence-corrected chi connectivity index (χ0v) is 13.4. The first-order valence-corrected chi connectivity index (χ1v) is 9.22. The van der Waals surface area contributed by atoms with Crippen molar-refractivity contribution in [1.82, 2.24) is 9.29 Å². The lowest BCUT2D eigenvalue weighted by atomic mass is 9.95. The number of nitrogens with one attached hydrogen (secondary N) is 1. The van der Waals surface area contributed by atoms with Gasteiger partial charge in [-0.15, -0.1) is 11.3 Å². The minimum atomic E-state index is -3.57. The fourth-order valence-electron chi connectivity index (χ4n) is 2.75. The van der Waals surface area contributed by atoms with Crippen LogP contribution >= 0.6 is 11.3 Å². The van der Waals surface area contributed by atoms with Gasteiger partial charge in [0.05, 0.1) is 11.5 Å². The summed E-state index contributed by atoms with van der Waals surface area (Å²) in [6.07, 6.45) is 4.39. The largest absolute Gasteiger partial charge is 0.390 e. The second-order valence-corrected chi connectivity index (χ2v) is 8.02. The maximum Gasteiger partial charge on any atom is 0.242 e. The van der Waals surface area contributed by atoms with E-state index in [0.29, 0.717) is 5.69 Å². The number of aliphatic hydroxyl groups is 1. The molecule has 2 aromatic heterocycles. The van der Waals surface area contributed by atoms with Gasteiger partial charge in [-0.3, -0.25) is 0 Å². The number of nitrogens with zero attached hydrogens (tertiary/aromatic N) is 1. The molecule has 5 nitrogen and oxygen atoms in total. The summed E-state index contributed by atoms with van der Waals surface area (Å²) in [6.45, 7) is -0.176. The van der Waals surface area contributed by atoms with Gasteiger partial charge in [0.2, 0.25) is 10.0 Å². The van der Waals surface area contributed by atoms with E-state index in [1.807, 2.05) is 11.4 Å². The van der Waals surface area contributed by atoms with Crippen molar-refractivity contribution >= 4 is 21.4 Å². The number of thiophene rings is 1. The van der Waals surface area contributed by atoms with Gasteiger partial charge in [-0.05, 0) is 42.3 Å². The first kappa shape index (κ1) is 14.8. The highest BCUT2D eigenvalue weighted by Crippen LogP contribution is 2.34. The van der Waals surface area contributed by atoms with E-state index >= 15 is 0 Å². The van der Waals surface area contributed by atoms with Crippen molar-refractivity contribution in [2.75, 3.05) is 0 Å². The minimum Gasteiger partial charge on any atom is -0.390 e. The summed E-state index contributed by atoms with van der Waals surface area (Å²) in [5, 5.41) is 11.2. The molecule has 2 heterocycles. The SMILES string of the molecule is Cn1cc(S(=O)(=O)NC2CCCc3sccc32)cc1CO. The fourth-order valence-corrected chi connectivity index (χ4v) is 5.08. The van der Waals surface area contributed by atoms with Crippen molar-refractivity contribution in [3.05, 3.63) is 39.8 Å². The number of aryl methyl sites for hydroxylation is 2. The van der Waals surface area contributed by atoms with Crippen LogP contribution in [-0.2, 0) is 30.1 Å². The quantitative estimate of drug-likeness (QED) is 0.902. The molecule has 1 aliphatic carbocycles. The van der Waals surface area contributed by atoms with Gasteiger partial charge in [0.1, 0.15) is 0 Å². The Bertz CT molecular complexity index is 746. The number of fused-ring (bicyclic) bond motifs is 1. The van der Waals surface area contributed by atoms with Crippen molar-refractivity contribution in [2.24, 2.45) is 7.05 Å². The van der Waals surface area contributed by atoms with E-state index in [1.54, 1.807) is 23.0 Å². The first-order chi connectivity index (χ1) is 10.0. The molecule has 21 heavy (non-hydrogen) atoms. The molecule has 0 fully saturated rings. The highest BCUT2D eigenvalue weighted by Gasteiger charge is 2.27. The third-order valence-electron chi connectivity index (χ3n) is 3.90. The Morgan fingerprint density at radius 2 is 2.33 bits per heavy atom. The number of rotatable bonds is 4. The Labute approximate surface area is 128 Å². The molecule has 0 aromatic carbocycles. The highest BCUT2D eigenvalue weighted by molar-refractivity contribution is 7.89. The number of aliphatic hydroxyl groups excluding tert-OH is 1. The molecule has 0 saturated carbocycles. The topological polar surface area (TPSA) is 71.3 Å². The Morgan fingerprint density at radius 1 is 1.52 bits per heavy atom. The van der Waals surface area contributed by atoms with E-state index in [1.165, 1.54) is 17.1 Å². The summed E-state index contributed by atoms with van der Waals surface area (Å²) >= 11 is 1.69. The number of sulfonamides is 1. The molecule has 0 spiro atoms. The molecule has 1 atom stereocenters. The second kappa shape index (κ2) is 5.57. The zero-order valence-electron chi connectivity index (χ0n) is 11.7. The maximum absolute atomic E-state index is 12.5. The second-order valence-electron chi connectivity index (χ2n) is 5.30. The van der Waals surface area contributed by atoms with Gasteiger partial charge in [0.25, 0.3) is 0 Å². The van der Waals surface area contributed by atoms with E-state index in [-0.39, 0.29) is 17.5 Å². The Balaban J connectivity index is 1.87. The molecular formula is C14H18N2O3S2. The molecule has 3 rings (SSSR count). The van der Waals surface area contributed by atoms with Gasteiger partial charge in [-0.1, -0.05) is 0 Å². The number of aromatic nitrogens is 1. The summed E-state index contributed by atoms with van der Waals surface area (Å²) < 4.78 is 29.5. The van der Waals surface area contributed by atoms with Crippen molar-refractivity contribution in [3.8, 4) is 0 Å². The molecule has 0 saturated heterocycles. The van der Waals surface area contributed by atoms with Crippen LogP contribution < -0.4 is 4.72 Å². The van der Waals surface area contributed by atoms with E-state index in [0.717, 1.165) is 24.8 Å². The molecule has 2 aromatic rings. The Hall–Kier alpha value is -1.15. The zero-order chi connectivity index (χ0) is 15.0. The molecule has 2 N–H and O–H groups in total. The third-order valence-corrected chi connectivity index (χ3v) is 6.34. The molecule has 1 unspecified atom stereocenters. The monoisotopic (exact) mass is 326 g/mol. The van der Waals surface area contributed by atoms with Crippen molar-refractivity contribution in [2.45, 2.75) is 36.8 Å². The Morgan fingerprint density at radius 3 is 3.05 bits per heavy atom. The molecular weight excluding hydrogens is 308 g/mol. The first-order valence-electron chi connectivity index (χ1n) is 6.86. The van der Waals surface area contributed by atoms with Crippen molar-refractivity contribution in [3.63, 3.8) is 0 Å². The molecule has 114 valence electrons. The predicted octanol–water partition coefficient (Wildman–Crippen LogP) is 1.93. The van der Waals surface area contributed by atoms with E-state index in [4.69, 9.17) is 0 Å². The van der Waals surface area contributed by atoms with E-state index < -0.39 is 10.0 Å². The normalized spacial score (nSPS) is 18.7. The lowest BCUT2D eigenvalue weighted by molar-refractivity contribution is 0.272. The van der Waals surface area contributed by atoms with Crippen LogP contribution in [-0.4, -0.2) is 18.1 Å². The molecule has 0 aliphatic heterocycles. The summed E-state index contributed by atoms with van der Waals surface area (Å²) in [6, 6.07) is 3.37. The van der Waals surface area contributed by atoms with Gasteiger partial charge in [-0.25, -0.2) is 13.1 Å². The molecule has 0 radical (unpaired) electrons. The van der Waals surface area contributed by atoms with Gasteiger partial charge in [-0.2, -0.15) is 0 Å². The molecule has 0 bridgehead atoms. The van der Waals surface area contributed by atoms with Crippen LogP contribution in [0.25, 0.3) is 0 Å². The van der Waals surface area contributed by atoms with Crippen LogP contribution in [0.4, 0.5) is 0 Å². The standard InChI is InChI=1S/C14H18N2O3S2/c1-16-8-11(7-10(16)9-17)21(18,19)15-13-3-2-4-14-12(13)5-6-20-14/h5-8,13,15,17H,2-4,9H2,1H3. The summed E-state index contributed by atoms with van der Waals surface area (Å²) in [5.74, 6) is 0. The summed E-state index contributed by atoms with van der Waals surface area (Å²) in [4.78, 5) is 1.48. The van der Waals surface area contributed by atoms with Gasteiger partial charge >= 0.3 is 0 Å². The lowest BCUT2D eigenvalue weighted by Crippen LogP contribution is -2.30. The third kappa shape index (κ3) is 2.78. The Kier molecular flexibility index (Phi) is 3.92. The smallest absolute Gasteiger partial charge is 0.242 e. The molecule has 1 aliphatic rings. The average Bonchev–Trinajstić information content (AvgIpc) is 3.05.